The fourth-order valence-electron chi connectivity index (χ4n) is 3.59. The van der Waals surface area contributed by atoms with E-state index in [4.69, 9.17) is 4.74 Å². The number of aliphatic hydroxyl groups excluding tert-OH is 3. The molecule has 0 aromatic carbocycles. The molecule has 3 N–H and O–H groups in total. The summed E-state index contributed by atoms with van der Waals surface area (Å²) in [6, 6.07) is 0. The Morgan fingerprint density at radius 3 is 1.77 bits per heavy atom. The lowest BCUT2D eigenvalue weighted by Crippen LogP contribution is -2.33. The molecule has 0 spiro atoms. The van der Waals surface area contributed by atoms with Gasteiger partial charge >= 0.3 is 5.97 Å². The maximum atomic E-state index is 11.8. The lowest BCUT2D eigenvalue weighted by Gasteiger charge is -2.27. The van der Waals surface area contributed by atoms with Gasteiger partial charge in [0.25, 0.3) is 0 Å². The summed E-state index contributed by atoms with van der Waals surface area (Å²) in [4.78, 5) is 11.8. The van der Waals surface area contributed by atoms with Gasteiger partial charge in [-0.15, -0.1) is 0 Å². The van der Waals surface area contributed by atoms with Gasteiger partial charge in [0, 0.05) is 11.8 Å². The lowest BCUT2D eigenvalue weighted by atomic mass is 9.85. The molecule has 0 heterocycles. The molecule has 0 aliphatic heterocycles. The Balaban J connectivity index is 3.40. The molecule has 0 aromatic heterocycles. The Bertz CT molecular complexity index is 410. The van der Waals surface area contributed by atoms with Gasteiger partial charge in [-0.2, -0.15) is 0 Å². The molecule has 0 saturated heterocycles. The van der Waals surface area contributed by atoms with Crippen LogP contribution in [0.4, 0.5) is 0 Å². The molecule has 0 bridgehead atoms. The molecule has 0 aliphatic carbocycles. The molecule has 0 atom stereocenters. The van der Waals surface area contributed by atoms with Crippen LogP contribution in [-0.2, 0) is 9.53 Å². The highest BCUT2D eigenvalue weighted by Crippen LogP contribution is 2.22. The first kappa shape index (κ1) is 30.1. The van der Waals surface area contributed by atoms with Crippen LogP contribution in [0, 0.1) is 5.41 Å². The normalized spacial score (nSPS) is 12.0. The van der Waals surface area contributed by atoms with Crippen molar-refractivity contribution in [1.29, 1.82) is 0 Å². The summed E-state index contributed by atoms with van der Waals surface area (Å²) < 4.78 is 5.24. The first-order chi connectivity index (χ1) is 15.1. The smallest absolute Gasteiger partial charge is 0.305 e. The predicted octanol–water partition coefficient (Wildman–Crippen LogP) is 5.70. The molecule has 0 saturated carbocycles. The van der Waals surface area contributed by atoms with Crippen molar-refractivity contribution < 1.29 is 24.9 Å². The van der Waals surface area contributed by atoms with Crippen LogP contribution in [0.25, 0.3) is 0 Å². The number of allylic oxidation sites excluding steroid dienone is 2. The molecule has 0 aliphatic rings. The topological polar surface area (TPSA) is 87.0 Å². The van der Waals surface area contributed by atoms with E-state index < -0.39 is 5.41 Å². The Labute approximate surface area is 191 Å². The van der Waals surface area contributed by atoms with E-state index in [0.717, 1.165) is 12.8 Å². The lowest BCUT2D eigenvalue weighted by molar-refractivity contribution is -0.144. The third-order valence-electron chi connectivity index (χ3n) is 6.01. The molecule has 0 unspecified atom stereocenters. The zero-order valence-electron chi connectivity index (χ0n) is 20.2. The number of unbranched alkanes of at least 4 members (excludes halogenated alkanes) is 12. The first-order valence-corrected chi connectivity index (χ1v) is 12.8. The van der Waals surface area contributed by atoms with E-state index in [1.165, 1.54) is 70.6 Å². The number of carbonyl (C=O) groups excluding carboxylic acids is 1. The number of esters is 1. The summed E-state index contributed by atoms with van der Waals surface area (Å²) in [5.74, 6) is -0.143. The predicted molar refractivity (Wildman–Crippen MR) is 128 cm³/mol. The van der Waals surface area contributed by atoms with Gasteiger partial charge in [0.05, 0.1) is 26.4 Å². The summed E-state index contributed by atoms with van der Waals surface area (Å²) >= 11 is 0. The van der Waals surface area contributed by atoms with Gasteiger partial charge in [-0.3, -0.25) is 4.79 Å². The molecule has 0 rings (SSSR count). The van der Waals surface area contributed by atoms with Crippen LogP contribution in [0.1, 0.15) is 116 Å². The zero-order chi connectivity index (χ0) is 23.0. The molecular weight excluding hydrogens is 392 g/mol. The molecule has 5 nitrogen and oxygen atoms in total. The minimum atomic E-state index is -0.826. The highest BCUT2D eigenvalue weighted by Gasteiger charge is 2.27. The zero-order valence-corrected chi connectivity index (χ0v) is 20.2. The monoisotopic (exact) mass is 442 g/mol. The van der Waals surface area contributed by atoms with Crippen LogP contribution in [0.5, 0.6) is 0 Å². The summed E-state index contributed by atoms with van der Waals surface area (Å²) in [6.07, 6.45) is 23.2. The van der Waals surface area contributed by atoms with Crippen LogP contribution in [0.2, 0.25) is 0 Å². The summed E-state index contributed by atoms with van der Waals surface area (Å²) in [7, 11) is 0. The molecule has 0 aromatic rings. The van der Waals surface area contributed by atoms with Crippen LogP contribution in [0.15, 0.2) is 12.2 Å². The van der Waals surface area contributed by atoms with E-state index in [9.17, 15) is 20.1 Å². The van der Waals surface area contributed by atoms with E-state index >= 15 is 0 Å². The number of carbonyl (C=O) groups is 1. The minimum absolute atomic E-state index is 0.143. The Morgan fingerprint density at radius 2 is 1.23 bits per heavy atom. The van der Waals surface area contributed by atoms with Crippen molar-refractivity contribution in [2.24, 2.45) is 5.41 Å². The van der Waals surface area contributed by atoms with Crippen LogP contribution >= 0.6 is 0 Å². The van der Waals surface area contributed by atoms with Crippen LogP contribution in [0.3, 0.4) is 0 Å². The SMILES string of the molecule is CCCCCCCC/C=C\CCCCCCCC(=O)OCCCCC(CO)(CO)CO. The van der Waals surface area contributed by atoms with Crippen LogP contribution in [-0.4, -0.2) is 47.7 Å². The Kier molecular flexibility index (Phi) is 21.6. The fourth-order valence-corrected chi connectivity index (χ4v) is 3.59. The van der Waals surface area contributed by atoms with Gasteiger partial charge in [0.15, 0.2) is 0 Å². The summed E-state index contributed by atoms with van der Waals surface area (Å²) in [6.45, 7) is 1.90. The number of aliphatic hydroxyl groups is 3. The molecule has 31 heavy (non-hydrogen) atoms. The average Bonchev–Trinajstić information content (AvgIpc) is 2.79. The van der Waals surface area contributed by atoms with Crippen molar-refractivity contribution >= 4 is 5.97 Å². The van der Waals surface area contributed by atoms with Crippen molar-refractivity contribution in [3.63, 3.8) is 0 Å². The fraction of sp³-hybridized carbons (Fsp3) is 0.885. The van der Waals surface area contributed by atoms with Gasteiger partial charge in [0.2, 0.25) is 0 Å². The van der Waals surface area contributed by atoms with Gasteiger partial charge in [0.1, 0.15) is 0 Å². The van der Waals surface area contributed by atoms with E-state index in [1.54, 1.807) is 0 Å². The maximum absolute atomic E-state index is 11.8. The third-order valence-corrected chi connectivity index (χ3v) is 6.01. The molecule has 5 heteroatoms. The van der Waals surface area contributed by atoms with E-state index in [0.29, 0.717) is 32.3 Å². The van der Waals surface area contributed by atoms with E-state index in [1.807, 2.05) is 0 Å². The molecule has 0 amide bonds. The summed E-state index contributed by atoms with van der Waals surface area (Å²) in [5, 5.41) is 27.8. The number of hydrogen-bond acceptors (Lipinski definition) is 5. The van der Waals surface area contributed by atoms with Crippen molar-refractivity contribution in [1.82, 2.24) is 0 Å². The second kappa shape index (κ2) is 22.3. The Hall–Kier alpha value is -0.910. The highest BCUT2D eigenvalue weighted by molar-refractivity contribution is 5.69. The van der Waals surface area contributed by atoms with Gasteiger partial charge in [-0.1, -0.05) is 70.4 Å². The highest BCUT2D eigenvalue weighted by atomic mass is 16.5. The molecular formula is C26H50O5. The number of ether oxygens (including phenoxy) is 1. The van der Waals surface area contributed by atoms with Crippen LogP contribution < -0.4 is 0 Å². The second-order valence-corrected chi connectivity index (χ2v) is 8.99. The standard InChI is InChI=1S/C26H50O5/c1-2-3-4-5-6-7-8-9-10-11-12-13-14-15-16-19-25(30)31-21-18-17-20-26(22-27,23-28)24-29/h9-10,27-29H,2-8,11-24H2,1H3/b10-9-. The minimum Gasteiger partial charge on any atom is -0.466 e. The van der Waals surface area contributed by atoms with Crippen molar-refractivity contribution in [2.75, 3.05) is 26.4 Å². The van der Waals surface area contributed by atoms with E-state index in [-0.39, 0.29) is 25.8 Å². The molecule has 0 fully saturated rings. The van der Waals surface area contributed by atoms with Gasteiger partial charge in [-0.25, -0.2) is 0 Å². The quantitative estimate of drug-likeness (QED) is 0.107. The third kappa shape index (κ3) is 18.4. The van der Waals surface area contributed by atoms with Crippen molar-refractivity contribution in [3.05, 3.63) is 12.2 Å². The largest absolute Gasteiger partial charge is 0.466 e. The van der Waals surface area contributed by atoms with Crippen molar-refractivity contribution in [2.45, 2.75) is 116 Å². The van der Waals surface area contributed by atoms with Gasteiger partial charge < -0.3 is 20.1 Å². The second-order valence-electron chi connectivity index (χ2n) is 8.99. The first-order valence-electron chi connectivity index (χ1n) is 12.8. The number of rotatable bonds is 23. The van der Waals surface area contributed by atoms with Gasteiger partial charge in [-0.05, 0) is 51.4 Å². The summed E-state index contributed by atoms with van der Waals surface area (Å²) in [5.41, 5.74) is -0.826. The maximum Gasteiger partial charge on any atom is 0.305 e. The van der Waals surface area contributed by atoms with Crippen molar-refractivity contribution in [3.8, 4) is 0 Å². The number of hydrogen-bond donors (Lipinski definition) is 3. The average molecular weight is 443 g/mol. The molecule has 184 valence electrons. The molecule has 0 radical (unpaired) electrons. The Morgan fingerprint density at radius 1 is 0.710 bits per heavy atom. The van der Waals surface area contributed by atoms with E-state index in [2.05, 4.69) is 19.1 Å².